The minimum atomic E-state index is -1.09. The van der Waals surface area contributed by atoms with Gasteiger partial charge in [-0.25, -0.2) is 13.8 Å². The van der Waals surface area contributed by atoms with Crippen molar-refractivity contribution < 1.29 is 27.7 Å². The third-order valence-electron chi connectivity index (χ3n) is 4.33. The molecule has 162 valence electrons. The number of aromatic nitrogens is 1. The minimum absolute atomic E-state index is 0.00567. The van der Waals surface area contributed by atoms with Gasteiger partial charge in [0.1, 0.15) is 11.3 Å². The second-order valence-electron chi connectivity index (χ2n) is 6.54. The molecule has 1 aromatic heterocycles. The first-order valence-corrected chi connectivity index (χ1v) is 9.40. The molecule has 0 saturated carbocycles. The van der Waals surface area contributed by atoms with Crippen LogP contribution < -0.4 is 10.1 Å². The molecule has 0 saturated heterocycles. The summed E-state index contributed by atoms with van der Waals surface area (Å²) in [6, 6.07) is 11.7. The van der Waals surface area contributed by atoms with Gasteiger partial charge in [-0.05, 0) is 42.5 Å². The number of benzene rings is 3. The molecule has 4 aromatic rings. The molecule has 3 aromatic carbocycles. The van der Waals surface area contributed by atoms with Gasteiger partial charge < -0.3 is 14.5 Å². The molecule has 0 radical (unpaired) electrons. The number of hydrogen-bond acceptors (Lipinski definition) is 6. The van der Waals surface area contributed by atoms with Gasteiger partial charge in [0.15, 0.2) is 23.8 Å². The van der Waals surface area contributed by atoms with Gasteiger partial charge in [0.2, 0.25) is 5.89 Å². The van der Waals surface area contributed by atoms with Crippen molar-refractivity contribution in [3.05, 3.63) is 81.4 Å². The van der Waals surface area contributed by atoms with Gasteiger partial charge in [-0.15, -0.1) is 0 Å². The van der Waals surface area contributed by atoms with E-state index in [0.29, 0.717) is 22.5 Å². The highest BCUT2D eigenvalue weighted by Crippen LogP contribution is 2.32. The molecule has 32 heavy (non-hydrogen) atoms. The van der Waals surface area contributed by atoms with E-state index in [1.54, 1.807) is 12.1 Å². The molecule has 1 amide bonds. The van der Waals surface area contributed by atoms with Crippen molar-refractivity contribution in [3.8, 4) is 17.2 Å². The summed E-state index contributed by atoms with van der Waals surface area (Å²) in [5.74, 6) is -2.36. The van der Waals surface area contributed by atoms with E-state index in [4.69, 9.17) is 20.8 Å². The third-order valence-corrected chi connectivity index (χ3v) is 4.64. The van der Waals surface area contributed by atoms with Crippen LogP contribution in [0.15, 0.2) is 59.0 Å². The van der Waals surface area contributed by atoms with E-state index in [1.807, 2.05) is 0 Å². The summed E-state index contributed by atoms with van der Waals surface area (Å²) in [6.07, 6.45) is 0. The molecule has 0 unspecified atom stereocenters. The number of nitrogens with zero attached hydrogens (tertiary/aromatic N) is 2. The maximum absolute atomic E-state index is 13.6. The van der Waals surface area contributed by atoms with Gasteiger partial charge in [-0.2, -0.15) is 0 Å². The van der Waals surface area contributed by atoms with Crippen molar-refractivity contribution in [3.63, 3.8) is 0 Å². The molecule has 0 bridgehead atoms. The molecule has 0 atom stereocenters. The van der Waals surface area contributed by atoms with Crippen molar-refractivity contribution in [2.45, 2.75) is 0 Å². The molecule has 0 fully saturated rings. The highest BCUT2D eigenvalue weighted by atomic mass is 35.5. The fourth-order valence-electron chi connectivity index (χ4n) is 2.82. The number of nitro groups is 1. The second-order valence-corrected chi connectivity index (χ2v) is 6.94. The highest BCUT2D eigenvalue weighted by Gasteiger charge is 2.16. The topological polar surface area (TPSA) is 108 Å². The van der Waals surface area contributed by atoms with E-state index in [1.165, 1.54) is 30.3 Å². The Labute approximate surface area is 183 Å². The molecular formula is C21H12ClF2N3O5. The van der Waals surface area contributed by atoms with Crippen LogP contribution in [-0.2, 0) is 4.79 Å². The number of amides is 1. The maximum Gasteiger partial charge on any atom is 0.269 e. The fourth-order valence-corrected chi connectivity index (χ4v) is 3.05. The molecule has 0 aliphatic rings. The van der Waals surface area contributed by atoms with E-state index in [-0.39, 0.29) is 28.8 Å². The van der Waals surface area contributed by atoms with Crippen LogP contribution in [0.4, 0.5) is 20.2 Å². The first-order chi connectivity index (χ1) is 15.3. The fraction of sp³-hybridized carbons (Fsp3) is 0.0476. The number of nitrogens with one attached hydrogen (secondary N) is 1. The Balaban J connectivity index is 1.45. The Morgan fingerprint density at radius 1 is 1.12 bits per heavy atom. The summed E-state index contributed by atoms with van der Waals surface area (Å²) in [5, 5.41) is 13.2. The number of carbonyl (C=O) groups is 1. The third kappa shape index (κ3) is 4.49. The number of oxazole rings is 1. The Hall–Kier alpha value is -4.05. The predicted octanol–water partition coefficient (Wildman–Crippen LogP) is 5.35. The lowest BCUT2D eigenvalue weighted by Crippen LogP contribution is -2.20. The first-order valence-electron chi connectivity index (χ1n) is 9.03. The van der Waals surface area contributed by atoms with Crippen LogP contribution in [0.5, 0.6) is 5.75 Å². The van der Waals surface area contributed by atoms with E-state index in [9.17, 15) is 23.7 Å². The maximum atomic E-state index is 13.6. The van der Waals surface area contributed by atoms with E-state index >= 15 is 0 Å². The number of carbonyl (C=O) groups excluding carboxylic acids is 1. The highest BCUT2D eigenvalue weighted by molar-refractivity contribution is 6.33. The monoisotopic (exact) mass is 459 g/mol. The first kappa shape index (κ1) is 21.2. The molecular weight excluding hydrogens is 448 g/mol. The smallest absolute Gasteiger partial charge is 0.269 e. The molecule has 4 rings (SSSR count). The lowest BCUT2D eigenvalue weighted by atomic mass is 10.2. The molecule has 8 nitrogen and oxygen atoms in total. The Morgan fingerprint density at radius 3 is 2.56 bits per heavy atom. The lowest BCUT2D eigenvalue weighted by Gasteiger charge is -2.07. The van der Waals surface area contributed by atoms with Crippen LogP contribution in [0.3, 0.4) is 0 Å². The van der Waals surface area contributed by atoms with Crippen molar-refractivity contribution in [1.82, 2.24) is 4.98 Å². The molecule has 11 heteroatoms. The Bertz CT molecular complexity index is 1340. The van der Waals surface area contributed by atoms with Crippen LogP contribution in [0.1, 0.15) is 0 Å². The van der Waals surface area contributed by atoms with Gasteiger partial charge >= 0.3 is 0 Å². The standard InChI is InChI=1S/C21H12ClF2N3O5/c22-15-9-17(24)16(23)8-14(15)21-26-18-7-11(1-6-19(18)32-21)25-20(28)10-31-13-4-2-12(3-5-13)27(29)30/h1-9H,10H2,(H,25,28). The summed E-state index contributed by atoms with van der Waals surface area (Å²) >= 11 is 5.96. The number of anilines is 1. The van der Waals surface area contributed by atoms with Crippen molar-refractivity contribution >= 4 is 40.0 Å². The zero-order chi connectivity index (χ0) is 22.8. The predicted molar refractivity (Wildman–Crippen MR) is 112 cm³/mol. The van der Waals surface area contributed by atoms with Gasteiger partial charge in [-0.1, -0.05) is 11.6 Å². The summed E-state index contributed by atoms with van der Waals surface area (Å²) in [5.41, 5.74) is 1.09. The SMILES string of the molecule is O=C(COc1ccc([N+](=O)[O-])cc1)Nc1ccc2oc(-c3cc(F)c(F)cc3Cl)nc2c1. The van der Waals surface area contributed by atoms with Crippen LogP contribution in [0, 0.1) is 21.7 Å². The van der Waals surface area contributed by atoms with E-state index in [2.05, 4.69) is 10.3 Å². The van der Waals surface area contributed by atoms with E-state index in [0.717, 1.165) is 12.1 Å². The van der Waals surface area contributed by atoms with Crippen molar-refractivity contribution in [2.24, 2.45) is 0 Å². The van der Waals surface area contributed by atoms with Crippen LogP contribution in [-0.4, -0.2) is 22.4 Å². The van der Waals surface area contributed by atoms with E-state index < -0.39 is 22.5 Å². The Morgan fingerprint density at radius 2 is 1.84 bits per heavy atom. The lowest BCUT2D eigenvalue weighted by molar-refractivity contribution is -0.384. The average molecular weight is 460 g/mol. The minimum Gasteiger partial charge on any atom is -0.484 e. The summed E-state index contributed by atoms with van der Waals surface area (Å²) in [6.45, 7) is -0.329. The summed E-state index contributed by atoms with van der Waals surface area (Å²) < 4.78 is 37.7. The quantitative estimate of drug-likeness (QED) is 0.236. The largest absolute Gasteiger partial charge is 0.484 e. The number of non-ortho nitro benzene ring substituents is 1. The van der Waals surface area contributed by atoms with Crippen LogP contribution in [0.2, 0.25) is 5.02 Å². The number of rotatable bonds is 6. The van der Waals surface area contributed by atoms with Gasteiger partial charge in [-0.3, -0.25) is 14.9 Å². The number of fused-ring (bicyclic) bond motifs is 1. The zero-order valence-corrected chi connectivity index (χ0v) is 16.7. The van der Waals surface area contributed by atoms with Crippen molar-refractivity contribution in [1.29, 1.82) is 0 Å². The second kappa shape index (κ2) is 8.60. The number of nitro benzene ring substituents is 1. The molecule has 1 heterocycles. The number of halogens is 3. The molecule has 1 N–H and O–H groups in total. The molecule has 0 spiro atoms. The summed E-state index contributed by atoms with van der Waals surface area (Å²) in [7, 11) is 0. The summed E-state index contributed by atoms with van der Waals surface area (Å²) in [4.78, 5) is 26.5. The van der Waals surface area contributed by atoms with Gasteiger partial charge in [0, 0.05) is 17.8 Å². The van der Waals surface area contributed by atoms with Gasteiger partial charge in [0.25, 0.3) is 11.6 Å². The van der Waals surface area contributed by atoms with Crippen molar-refractivity contribution in [2.75, 3.05) is 11.9 Å². The Kier molecular flexibility index (Phi) is 5.69. The zero-order valence-electron chi connectivity index (χ0n) is 16.0. The van der Waals surface area contributed by atoms with Crippen LogP contribution >= 0.6 is 11.6 Å². The molecule has 0 aliphatic heterocycles. The normalized spacial score (nSPS) is 10.8. The number of hydrogen-bond donors (Lipinski definition) is 1. The van der Waals surface area contributed by atoms with Crippen LogP contribution in [0.25, 0.3) is 22.6 Å². The number of ether oxygens (including phenoxy) is 1. The van der Waals surface area contributed by atoms with Gasteiger partial charge in [0.05, 0.1) is 15.5 Å². The average Bonchev–Trinajstić information content (AvgIpc) is 3.18. The molecule has 0 aliphatic carbocycles.